The number of aryl methyl sites for hydroxylation is 1. The molecule has 0 radical (unpaired) electrons. The van der Waals surface area contributed by atoms with Gasteiger partial charge in [-0.15, -0.1) is 0 Å². The van der Waals surface area contributed by atoms with Crippen LogP contribution in [0.2, 0.25) is 0 Å². The van der Waals surface area contributed by atoms with E-state index >= 15 is 0 Å². The van der Waals surface area contributed by atoms with E-state index in [2.05, 4.69) is 0 Å². The Bertz CT molecular complexity index is 757. The first-order valence-electron chi connectivity index (χ1n) is 6.84. The number of hydrogen-bond donors (Lipinski definition) is 6. The van der Waals surface area contributed by atoms with E-state index in [-0.39, 0.29) is 16.7 Å². The first-order valence-corrected chi connectivity index (χ1v) is 6.84. The molecule has 0 aromatic heterocycles. The van der Waals surface area contributed by atoms with Crippen molar-refractivity contribution in [1.82, 2.24) is 0 Å². The topological polar surface area (TPSA) is 138 Å². The van der Waals surface area contributed by atoms with Crippen molar-refractivity contribution in [3.63, 3.8) is 0 Å². The van der Waals surface area contributed by atoms with Gasteiger partial charge >= 0.3 is 0 Å². The average molecular weight is 320 g/mol. The van der Waals surface area contributed by atoms with Crippen molar-refractivity contribution in [2.75, 3.05) is 0 Å². The zero-order valence-corrected chi connectivity index (χ0v) is 12.2. The predicted molar refractivity (Wildman–Crippen MR) is 80.3 cm³/mol. The summed E-state index contributed by atoms with van der Waals surface area (Å²) < 4.78 is 0. The fourth-order valence-electron chi connectivity index (χ4n) is 2.23. The standard InChI is InChI=1S/C16H16O7/c1-2-3-7-4-9(14(21)16(23)13(7)20)12(19)8-5-10(17)15(22)11(18)6-8/h4-6,17-18,20-23H,2-3H2,1H3. The van der Waals surface area contributed by atoms with Crippen LogP contribution in [0.5, 0.6) is 34.5 Å². The van der Waals surface area contributed by atoms with Crippen LogP contribution < -0.4 is 0 Å². The number of phenols is 6. The second kappa shape index (κ2) is 5.96. The van der Waals surface area contributed by atoms with Gasteiger partial charge in [-0.3, -0.25) is 4.79 Å². The van der Waals surface area contributed by atoms with Crippen LogP contribution in [0, 0.1) is 0 Å². The smallest absolute Gasteiger partial charge is 0.201 e. The molecule has 0 amide bonds. The molecule has 0 bridgehead atoms. The van der Waals surface area contributed by atoms with Crippen LogP contribution in [-0.2, 0) is 6.42 Å². The van der Waals surface area contributed by atoms with Gasteiger partial charge in [-0.05, 0) is 30.2 Å². The van der Waals surface area contributed by atoms with Crippen molar-refractivity contribution in [3.8, 4) is 34.5 Å². The molecule has 0 saturated heterocycles. The van der Waals surface area contributed by atoms with Crippen LogP contribution >= 0.6 is 0 Å². The second-order valence-electron chi connectivity index (χ2n) is 5.07. The number of ketones is 1. The second-order valence-corrected chi connectivity index (χ2v) is 5.07. The van der Waals surface area contributed by atoms with E-state index in [1.807, 2.05) is 6.92 Å². The Balaban J connectivity index is 2.59. The molecule has 0 unspecified atom stereocenters. The fraction of sp³-hybridized carbons (Fsp3) is 0.188. The number of phenolic OH excluding ortho intramolecular Hbond substituents is 6. The minimum atomic E-state index is -0.813. The normalized spacial score (nSPS) is 10.7. The Morgan fingerprint density at radius 3 is 1.91 bits per heavy atom. The third kappa shape index (κ3) is 2.80. The lowest BCUT2D eigenvalue weighted by molar-refractivity contribution is 0.103. The number of benzene rings is 2. The van der Waals surface area contributed by atoms with Crippen LogP contribution in [0.3, 0.4) is 0 Å². The van der Waals surface area contributed by atoms with Crippen molar-refractivity contribution in [2.24, 2.45) is 0 Å². The van der Waals surface area contributed by atoms with E-state index in [0.717, 1.165) is 12.1 Å². The summed E-state index contributed by atoms with van der Waals surface area (Å²) in [5, 5.41) is 57.7. The molecule has 7 heteroatoms. The van der Waals surface area contributed by atoms with Crippen molar-refractivity contribution in [2.45, 2.75) is 19.8 Å². The van der Waals surface area contributed by atoms with Crippen LogP contribution in [0.1, 0.15) is 34.8 Å². The summed E-state index contributed by atoms with van der Waals surface area (Å²) in [6, 6.07) is 3.07. The molecule has 2 aromatic rings. The summed E-state index contributed by atoms with van der Waals surface area (Å²) in [7, 11) is 0. The summed E-state index contributed by atoms with van der Waals surface area (Å²) in [5.74, 6) is -5.11. The molecule has 0 saturated carbocycles. The van der Waals surface area contributed by atoms with Gasteiger partial charge in [-0.1, -0.05) is 13.3 Å². The molecule has 23 heavy (non-hydrogen) atoms. The molecular weight excluding hydrogens is 304 g/mol. The largest absolute Gasteiger partial charge is 0.504 e. The lowest BCUT2D eigenvalue weighted by Gasteiger charge is -2.12. The van der Waals surface area contributed by atoms with Crippen molar-refractivity contribution >= 4 is 5.78 Å². The third-order valence-electron chi connectivity index (χ3n) is 3.42. The van der Waals surface area contributed by atoms with Crippen LogP contribution in [0.15, 0.2) is 18.2 Å². The van der Waals surface area contributed by atoms with E-state index in [9.17, 15) is 35.4 Å². The third-order valence-corrected chi connectivity index (χ3v) is 3.42. The summed E-state index contributed by atoms with van der Waals surface area (Å²) in [4.78, 5) is 12.4. The molecule has 2 rings (SSSR count). The molecule has 0 aliphatic rings. The van der Waals surface area contributed by atoms with Gasteiger partial charge in [0.2, 0.25) is 5.75 Å². The Morgan fingerprint density at radius 2 is 1.39 bits per heavy atom. The van der Waals surface area contributed by atoms with Gasteiger partial charge < -0.3 is 30.6 Å². The first kappa shape index (κ1) is 16.3. The molecule has 0 spiro atoms. The van der Waals surface area contributed by atoms with E-state index in [0.29, 0.717) is 12.8 Å². The maximum atomic E-state index is 12.4. The number of carbonyl (C=O) groups excluding carboxylic acids is 1. The highest BCUT2D eigenvalue weighted by Gasteiger charge is 2.23. The molecule has 122 valence electrons. The molecule has 6 N–H and O–H groups in total. The number of rotatable bonds is 4. The van der Waals surface area contributed by atoms with E-state index < -0.39 is 40.3 Å². The lowest BCUT2D eigenvalue weighted by atomic mass is 9.97. The molecule has 0 fully saturated rings. The van der Waals surface area contributed by atoms with Crippen molar-refractivity contribution in [1.29, 1.82) is 0 Å². The molecule has 0 aliphatic heterocycles. The van der Waals surface area contributed by atoms with Gasteiger partial charge in [0, 0.05) is 5.56 Å². The minimum Gasteiger partial charge on any atom is -0.504 e. The van der Waals surface area contributed by atoms with Crippen molar-refractivity contribution in [3.05, 3.63) is 34.9 Å². The molecule has 7 nitrogen and oxygen atoms in total. The van der Waals surface area contributed by atoms with Crippen LogP contribution in [0.4, 0.5) is 0 Å². The maximum absolute atomic E-state index is 12.4. The SMILES string of the molecule is CCCc1cc(C(=O)c2cc(O)c(O)c(O)c2)c(O)c(O)c1O. The van der Waals surface area contributed by atoms with Gasteiger partial charge in [0.1, 0.15) is 0 Å². The highest BCUT2D eigenvalue weighted by atomic mass is 16.3. The summed E-state index contributed by atoms with van der Waals surface area (Å²) in [6.45, 7) is 1.83. The molecule has 0 atom stereocenters. The summed E-state index contributed by atoms with van der Waals surface area (Å²) in [6.07, 6.45) is 0.998. The minimum absolute atomic E-state index is 0.208. The van der Waals surface area contributed by atoms with Crippen LogP contribution in [0.25, 0.3) is 0 Å². The van der Waals surface area contributed by atoms with E-state index in [1.54, 1.807) is 0 Å². The molecule has 2 aromatic carbocycles. The monoisotopic (exact) mass is 320 g/mol. The number of hydrogen-bond acceptors (Lipinski definition) is 7. The zero-order valence-electron chi connectivity index (χ0n) is 12.2. The number of aromatic hydroxyl groups is 6. The Morgan fingerprint density at radius 1 is 0.826 bits per heavy atom. The van der Waals surface area contributed by atoms with Gasteiger partial charge in [0.15, 0.2) is 34.5 Å². The molecular formula is C16H16O7. The molecule has 0 aliphatic carbocycles. The van der Waals surface area contributed by atoms with Gasteiger partial charge in [0.25, 0.3) is 0 Å². The predicted octanol–water partition coefficient (Wildman–Crippen LogP) is 2.10. The van der Waals surface area contributed by atoms with E-state index in [1.165, 1.54) is 6.07 Å². The van der Waals surface area contributed by atoms with Crippen molar-refractivity contribution < 1.29 is 35.4 Å². The van der Waals surface area contributed by atoms with Gasteiger partial charge in [-0.2, -0.15) is 0 Å². The maximum Gasteiger partial charge on any atom is 0.201 e. The first-order chi connectivity index (χ1) is 10.8. The quantitative estimate of drug-likeness (QED) is 0.374. The molecule has 0 heterocycles. The highest BCUT2D eigenvalue weighted by Crippen LogP contribution is 2.42. The fourth-order valence-corrected chi connectivity index (χ4v) is 2.23. The summed E-state index contributed by atoms with van der Waals surface area (Å²) in [5.41, 5.74) is -0.229. The lowest BCUT2D eigenvalue weighted by Crippen LogP contribution is -2.03. The Labute approximate surface area is 131 Å². The zero-order chi connectivity index (χ0) is 17.3. The van der Waals surface area contributed by atoms with Gasteiger partial charge in [-0.25, -0.2) is 0 Å². The summed E-state index contributed by atoms with van der Waals surface area (Å²) >= 11 is 0. The van der Waals surface area contributed by atoms with Gasteiger partial charge in [0.05, 0.1) is 5.56 Å². The van der Waals surface area contributed by atoms with E-state index in [4.69, 9.17) is 0 Å². The number of carbonyl (C=O) groups is 1. The van der Waals surface area contributed by atoms with Crippen LogP contribution in [-0.4, -0.2) is 36.4 Å². The highest BCUT2D eigenvalue weighted by molar-refractivity contribution is 6.12. The average Bonchev–Trinajstić information content (AvgIpc) is 2.52. The Kier molecular flexibility index (Phi) is 4.22. The Hall–Kier alpha value is -3.09.